The Balaban J connectivity index is 1.97. The average molecular weight is 254 g/mol. The number of carboxylic acid groups (broad SMARTS) is 1. The predicted molar refractivity (Wildman–Crippen MR) is 67.2 cm³/mol. The lowest BCUT2D eigenvalue weighted by molar-refractivity contribution is -0.138. The zero-order chi connectivity index (χ0) is 12.4. The van der Waals surface area contributed by atoms with Crippen LogP contribution in [0.5, 0.6) is 0 Å². The molecule has 2 rings (SSSR count). The van der Waals surface area contributed by atoms with Crippen molar-refractivity contribution in [3.63, 3.8) is 0 Å². The van der Waals surface area contributed by atoms with Gasteiger partial charge in [0.25, 0.3) is 0 Å². The maximum absolute atomic E-state index is 10.8. The van der Waals surface area contributed by atoms with Gasteiger partial charge in [-0.2, -0.15) is 0 Å². The zero-order valence-corrected chi connectivity index (χ0v) is 11.1. The first-order chi connectivity index (χ1) is 8.04. The van der Waals surface area contributed by atoms with E-state index < -0.39 is 5.97 Å². The third kappa shape index (κ3) is 3.78. The van der Waals surface area contributed by atoms with Crippen LogP contribution < -0.4 is 0 Å². The zero-order valence-electron chi connectivity index (χ0n) is 10.3. The van der Waals surface area contributed by atoms with Crippen LogP contribution in [-0.2, 0) is 11.3 Å². The summed E-state index contributed by atoms with van der Waals surface area (Å²) in [5.74, 6) is -0.0489. The summed E-state index contributed by atoms with van der Waals surface area (Å²) in [6.45, 7) is 5.73. The fourth-order valence-electron chi connectivity index (χ4n) is 1.84. The quantitative estimate of drug-likeness (QED) is 0.844. The van der Waals surface area contributed by atoms with Crippen LogP contribution >= 0.6 is 11.3 Å². The molecule has 0 unspecified atom stereocenters. The summed E-state index contributed by atoms with van der Waals surface area (Å²) < 4.78 is 0. The summed E-state index contributed by atoms with van der Waals surface area (Å²) in [5.41, 5.74) is 1.06. The Morgan fingerprint density at radius 2 is 2.24 bits per heavy atom. The Morgan fingerprint density at radius 3 is 2.71 bits per heavy atom. The van der Waals surface area contributed by atoms with Gasteiger partial charge in [0.2, 0.25) is 0 Å². The third-order valence-corrected chi connectivity index (χ3v) is 4.06. The molecule has 0 bridgehead atoms. The van der Waals surface area contributed by atoms with Gasteiger partial charge in [-0.25, -0.2) is 4.98 Å². The van der Waals surface area contributed by atoms with Crippen molar-refractivity contribution in [1.29, 1.82) is 0 Å². The molecule has 1 aromatic heterocycles. The van der Waals surface area contributed by atoms with Crippen molar-refractivity contribution in [1.82, 2.24) is 9.88 Å². The normalized spacial score (nSPS) is 15.5. The number of hydrogen-bond donors (Lipinski definition) is 1. The van der Waals surface area contributed by atoms with Gasteiger partial charge in [-0.15, -0.1) is 11.3 Å². The molecule has 4 nitrogen and oxygen atoms in total. The van der Waals surface area contributed by atoms with Gasteiger partial charge >= 0.3 is 5.97 Å². The second-order valence-electron chi connectivity index (χ2n) is 4.76. The molecular formula is C12H18N2O2S. The number of nitrogens with zero attached hydrogens (tertiary/aromatic N) is 2. The van der Waals surface area contributed by atoms with Crippen LogP contribution in [0.4, 0.5) is 0 Å². The van der Waals surface area contributed by atoms with Crippen LogP contribution in [-0.4, -0.2) is 34.0 Å². The van der Waals surface area contributed by atoms with Crippen LogP contribution in [0.3, 0.4) is 0 Å². The molecule has 1 N–H and O–H groups in total. The molecule has 1 heterocycles. The molecule has 0 spiro atoms. The molecule has 0 saturated heterocycles. The Morgan fingerprint density at radius 1 is 1.53 bits per heavy atom. The largest absolute Gasteiger partial charge is 0.480 e. The van der Waals surface area contributed by atoms with Crippen molar-refractivity contribution in [2.45, 2.75) is 33.2 Å². The van der Waals surface area contributed by atoms with Crippen molar-refractivity contribution in [3.8, 4) is 0 Å². The summed E-state index contributed by atoms with van der Waals surface area (Å²) in [7, 11) is 0. The Kier molecular flexibility index (Phi) is 3.79. The highest BCUT2D eigenvalue weighted by Crippen LogP contribution is 2.30. The van der Waals surface area contributed by atoms with E-state index in [1.54, 1.807) is 11.3 Å². The smallest absolute Gasteiger partial charge is 0.317 e. The van der Waals surface area contributed by atoms with Crippen molar-refractivity contribution in [3.05, 3.63) is 15.6 Å². The number of hydrogen-bond acceptors (Lipinski definition) is 4. The molecule has 0 amide bonds. The first-order valence-electron chi connectivity index (χ1n) is 5.91. The van der Waals surface area contributed by atoms with E-state index >= 15 is 0 Å². The summed E-state index contributed by atoms with van der Waals surface area (Å²) >= 11 is 1.67. The SMILES string of the molecule is Cc1nc(CN(CC(=O)O)CC2CC2)sc1C. The molecule has 17 heavy (non-hydrogen) atoms. The van der Waals surface area contributed by atoms with Gasteiger partial charge < -0.3 is 5.11 Å². The minimum Gasteiger partial charge on any atom is -0.480 e. The van der Waals surface area contributed by atoms with E-state index in [0.717, 1.165) is 17.2 Å². The van der Waals surface area contributed by atoms with Crippen molar-refractivity contribution in [2.24, 2.45) is 5.92 Å². The average Bonchev–Trinajstić information content (AvgIpc) is 2.94. The molecule has 94 valence electrons. The van der Waals surface area contributed by atoms with E-state index in [1.807, 2.05) is 11.8 Å². The maximum Gasteiger partial charge on any atom is 0.317 e. The predicted octanol–water partition coefficient (Wildman–Crippen LogP) is 2.06. The monoisotopic (exact) mass is 254 g/mol. The van der Waals surface area contributed by atoms with Crippen LogP contribution in [0.25, 0.3) is 0 Å². The lowest BCUT2D eigenvalue weighted by Crippen LogP contribution is -2.31. The van der Waals surface area contributed by atoms with Crippen LogP contribution in [0.15, 0.2) is 0 Å². The molecule has 1 fully saturated rings. The number of aromatic nitrogens is 1. The molecule has 0 aliphatic heterocycles. The number of carboxylic acids is 1. The van der Waals surface area contributed by atoms with Gasteiger partial charge in [0.05, 0.1) is 18.8 Å². The second-order valence-corrected chi connectivity index (χ2v) is 6.04. The molecule has 1 aromatic rings. The van der Waals surface area contributed by atoms with Crippen molar-refractivity contribution in [2.75, 3.05) is 13.1 Å². The van der Waals surface area contributed by atoms with Crippen molar-refractivity contribution < 1.29 is 9.90 Å². The van der Waals surface area contributed by atoms with Crippen LogP contribution in [0, 0.1) is 19.8 Å². The van der Waals surface area contributed by atoms with Gasteiger partial charge in [0.15, 0.2) is 0 Å². The van der Waals surface area contributed by atoms with Crippen molar-refractivity contribution >= 4 is 17.3 Å². The summed E-state index contributed by atoms with van der Waals surface area (Å²) in [4.78, 5) is 18.5. The fourth-order valence-corrected chi connectivity index (χ4v) is 2.82. The van der Waals surface area contributed by atoms with E-state index in [2.05, 4.69) is 11.9 Å². The molecule has 1 aliphatic carbocycles. The summed E-state index contributed by atoms with van der Waals surface area (Å²) in [6.07, 6.45) is 2.48. The number of thiazole rings is 1. The van der Waals surface area contributed by atoms with Gasteiger partial charge in [-0.3, -0.25) is 9.69 Å². The van der Waals surface area contributed by atoms with E-state index in [-0.39, 0.29) is 6.54 Å². The molecule has 0 radical (unpaired) electrons. The van der Waals surface area contributed by atoms with E-state index in [4.69, 9.17) is 5.11 Å². The number of carbonyl (C=O) groups is 1. The number of aryl methyl sites for hydroxylation is 2. The first kappa shape index (κ1) is 12.5. The molecule has 1 aliphatic rings. The minimum atomic E-state index is -0.754. The van der Waals surface area contributed by atoms with Gasteiger partial charge in [-0.1, -0.05) is 0 Å². The maximum atomic E-state index is 10.8. The van der Waals surface area contributed by atoms with E-state index in [1.165, 1.54) is 17.7 Å². The molecule has 0 aromatic carbocycles. The first-order valence-corrected chi connectivity index (χ1v) is 6.73. The topological polar surface area (TPSA) is 53.4 Å². The molecule has 0 atom stereocenters. The second kappa shape index (κ2) is 5.14. The number of rotatable bonds is 6. The van der Waals surface area contributed by atoms with Gasteiger partial charge in [0, 0.05) is 11.4 Å². The lowest BCUT2D eigenvalue weighted by atomic mass is 10.3. The third-order valence-electron chi connectivity index (χ3n) is 3.00. The Bertz CT molecular complexity index is 393. The lowest BCUT2D eigenvalue weighted by Gasteiger charge is -2.18. The van der Waals surface area contributed by atoms with Crippen LogP contribution in [0.2, 0.25) is 0 Å². The fraction of sp³-hybridized carbons (Fsp3) is 0.667. The highest BCUT2D eigenvalue weighted by atomic mass is 32.1. The molecular weight excluding hydrogens is 236 g/mol. The highest BCUT2D eigenvalue weighted by molar-refractivity contribution is 7.11. The standard InChI is InChI=1S/C12H18N2O2S/c1-8-9(2)17-11(13-8)6-14(7-12(15)16)5-10-3-4-10/h10H,3-7H2,1-2H3,(H,15,16). The van der Waals surface area contributed by atoms with Gasteiger partial charge in [0.1, 0.15) is 5.01 Å². The Hall–Kier alpha value is -0.940. The molecule has 5 heteroatoms. The van der Waals surface area contributed by atoms with Crippen LogP contribution in [0.1, 0.15) is 28.4 Å². The highest BCUT2D eigenvalue weighted by Gasteiger charge is 2.25. The van der Waals surface area contributed by atoms with E-state index in [9.17, 15) is 4.79 Å². The molecule has 1 saturated carbocycles. The summed E-state index contributed by atoms with van der Waals surface area (Å²) in [5, 5.41) is 9.93. The van der Waals surface area contributed by atoms with E-state index in [0.29, 0.717) is 12.5 Å². The number of aliphatic carboxylic acids is 1. The minimum absolute atomic E-state index is 0.119. The summed E-state index contributed by atoms with van der Waals surface area (Å²) in [6, 6.07) is 0. The Labute approximate surface area is 105 Å². The van der Waals surface area contributed by atoms with Gasteiger partial charge in [-0.05, 0) is 32.6 Å².